The average Bonchev–Trinajstić information content (AvgIpc) is 2.77. The number of imidazole rings is 1. The highest BCUT2D eigenvalue weighted by Crippen LogP contribution is 2.27. The maximum atomic E-state index is 10.8. The summed E-state index contributed by atoms with van der Waals surface area (Å²) in [5.41, 5.74) is 1.09. The third-order valence-electron chi connectivity index (χ3n) is 2.15. The number of alkyl halides is 1. The van der Waals surface area contributed by atoms with Crippen molar-refractivity contribution < 1.29 is 4.92 Å². The number of rotatable bonds is 3. The molecule has 6 heteroatoms. The van der Waals surface area contributed by atoms with Gasteiger partial charge in [0.05, 0.1) is 28.5 Å². The van der Waals surface area contributed by atoms with Crippen LogP contribution in [0, 0.1) is 10.1 Å². The lowest BCUT2D eigenvalue weighted by molar-refractivity contribution is -0.384. The van der Waals surface area contributed by atoms with Gasteiger partial charge in [0.1, 0.15) is 0 Å². The summed E-state index contributed by atoms with van der Waals surface area (Å²) in [5, 5.41) is 10.8. The van der Waals surface area contributed by atoms with Crippen LogP contribution in [0.4, 0.5) is 5.69 Å². The molecule has 0 N–H and O–H groups in total. The molecule has 16 heavy (non-hydrogen) atoms. The number of hydrogen-bond acceptors (Lipinski definition) is 3. The Bertz CT molecular complexity index is 524. The van der Waals surface area contributed by atoms with E-state index in [1.165, 1.54) is 6.07 Å². The van der Waals surface area contributed by atoms with Gasteiger partial charge in [0.25, 0.3) is 5.69 Å². The Morgan fingerprint density at radius 2 is 2.19 bits per heavy atom. The van der Waals surface area contributed by atoms with Gasteiger partial charge in [-0.25, -0.2) is 4.98 Å². The molecule has 2 rings (SSSR count). The van der Waals surface area contributed by atoms with Gasteiger partial charge in [-0.2, -0.15) is 0 Å². The van der Waals surface area contributed by atoms with Gasteiger partial charge >= 0.3 is 0 Å². The summed E-state index contributed by atoms with van der Waals surface area (Å²) in [5.74, 6) is 0. The van der Waals surface area contributed by atoms with Crippen molar-refractivity contribution in [1.29, 1.82) is 0 Å². The quantitative estimate of drug-likeness (QED) is 0.468. The summed E-state index contributed by atoms with van der Waals surface area (Å²) in [4.78, 5) is 14.5. The number of halogens is 1. The van der Waals surface area contributed by atoms with Crippen molar-refractivity contribution in [3.63, 3.8) is 0 Å². The Morgan fingerprint density at radius 1 is 1.44 bits per heavy atom. The zero-order chi connectivity index (χ0) is 11.5. The van der Waals surface area contributed by atoms with Crippen LogP contribution in [0.25, 0.3) is 11.3 Å². The summed E-state index contributed by atoms with van der Waals surface area (Å²) in [6.45, 7) is 0. The van der Waals surface area contributed by atoms with Crippen LogP contribution in [0.3, 0.4) is 0 Å². The van der Waals surface area contributed by atoms with Crippen LogP contribution in [-0.4, -0.2) is 14.5 Å². The molecule has 1 aromatic carbocycles. The molecular formula is C10H8ClN3O2. The van der Waals surface area contributed by atoms with E-state index in [1.807, 2.05) is 0 Å². The second-order valence-electron chi connectivity index (χ2n) is 3.17. The Balaban J connectivity index is 2.50. The van der Waals surface area contributed by atoms with E-state index in [-0.39, 0.29) is 11.7 Å². The van der Waals surface area contributed by atoms with Crippen LogP contribution >= 0.6 is 11.6 Å². The summed E-state index contributed by atoms with van der Waals surface area (Å²) in [7, 11) is 0. The number of benzene rings is 1. The minimum atomic E-state index is -0.422. The van der Waals surface area contributed by atoms with Crippen LogP contribution in [0.15, 0.2) is 36.8 Å². The van der Waals surface area contributed by atoms with E-state index >= 15 is 0 Å². The van der Waals surface area contributed by atoms with Crippen molar-refractivity contribution in [2.45, 2.75) is 6.00 Å². The lowest BCUT2D eigenvalue weighted by atomic mass is 10.1. The van der Waals surface area contributed by atoms with Gasteiger partial charge in [-0.05, 0) is 6.07 Å². The van der Waals surface area contributed by atoms with Crippen LogP contribution in [0.1, 0.15) is 0 Å². The van der Waals surface area contributed by atoms with E-state index in [0.29, 0.717) is 11.3 Å². The van der Waals surface area contributed by atoms with E-state index in [1.54, 1.807) is 35.3 Å². The molecule has 0 fully saturated rings. The second-order valence-corrected chi connectivity index (χ2v) is 3.41. The first-order chi connectivity index (χ1) is 7.72. The first kappa shape index (κ1) is 10.6. The predicted octanol–water partition coefficient (Wildman–Crippen LogP) is 2.65. The number of nitro groups is 1. The fraction of sp³-hybridized carbons (Fsp3) is 0.100. The Kier molecular flexibility index (Phi) is 2.87. The van der Waals surface area contributed by atoms with Crippen LogP contribution in [0.2, 0.25) is 0 Å². The molecule has 0 saturated heterocycles. The van der Waals surface area contributed by atoms with Gasteiger partial charge < -0.3 is 4.57 Å². The summed E-state index contributed by atoms with van der Waals surface area (Å²) in [6.07, 6.45) is 3.22. The van der Waals surface area contributed by atoms with Crippen molar-refractivity contribution in [1.82, 2.24) is 9.55 Å². The maximum Gasteiger partial charge on any atom is 0.278 e. The van der Waals surface area contributed by atoms with Gasteiger partial charge in [-0.3, -0.25) is 10.1 Å². The van der Waals surface area contributed by atoms with Crippen LogP contribution < -0.4 is 0 Å². The first-order valence-electron chi connectivity index (χ1n) is 4.54. The Morgan fingerprint density at radius 3 is 2.81 bits per heavy atom. The normalized spacial score (nSPS) is 10.3. The van der Waals surface area contributed by atoms with Crippen LogP contribution in [-0.2, 0) is 6.00 Å². The van der Waals surface area contributed by atoms with E-state index in [9.17, 15) is 10.1 Å². The molecule has 82 valence electrons. The van der Waals surface area contributed by atoms with Crippen molar-refractivity contribution >= 4 is 17.3 Å². The molecule has 0 amide bonds. The molecule has 1 heterocycles. The highest BCUT2D eigenvalue weighted by Gasteiger charge is 2.15. The highest BCUT2D eigenvalue weighted by molar-refractivity contribution is 6.15. The van der Waals surface area contributed by atoms with Crippen molar-refractivity contribution in [2.24, 2.45) is 0 Å². The number of nitrogens with zero attached hydrogens (tertiary/aromatic N) is 3. The molecule has 0 aliphatic rings. The van der Waals surface area contributed by atoms with Gasteiger partial charge in [-0.15, -0.1) is 11.6 Å². The third kappa shape index (κ3) is 1.90. The largest absolute Gasteiger partial charge is 0.323 e. The zero-order valence-corrected chi connectivity index (χ0v) is 8.96. The minimum Gasteiger partial charge on any atom is -0.323 e. The molecular weight excluding hydrogens is 230 g/mol. The van der Waals surface area contributed by atoms with Crippen LogP contribution in [0.5, 0.6) is 0 Å². The minimum absolute atomic E-state index is 0.0438. The number of para-hydroxylation sites is 1. The van der Waals surface area contributed by atoms with Crippen molar-refractivity contribution in [3.8, 4) is 11.3 Å². The predicted molar refractivity (Wildman–Crippen MR) is 60.2 cm³/mol. The summed E-state index contributed by atoms with van der Waals surface area (Å²) in [6, 6.07) is 6.75. The molecule has 2 aromatic rings. The van der Waals surface area contributed by atoms with Gasteiger partial charge in [0.15, 0.2) is 0 Å². The Labute approximate surface area is 96.4 Å². The fourth-order valence-electron chi connectivity index (χ4n) is 1.41. The van der Waals surface area contributed by atoms with Crippen molar-refractivity contribution in [3.05, 3.63) is 46.9 Å². The van der Waals surface area contributed by atoms with Gasteiger partial charge in [0.2, 0.25) is 0 Å². The van der Waals surface area contributed by atoms with E-state index in [0.717, 1.165) is 0 Å². The smallest absolute Gasteiger partial charge is 0.278 e. The van der Waals surface area contributed by atoms with E-state index < -0.39 is 4.92 Å². The van der Waals surface area contributed by atoms with Gasteiger partial charge in [-0.1, -0.05) is 12.1 Å². The molecule has 0 atom stereocenters. The van der Waals surface area contributed by atoms with E-state index in [2.05, 4.69) is 4.98 Å². The molecule has 0 aliphatic heterocycles. The standard InChI is InChI=1S/C10H8ClN3O2/c11-6-13-5-9(12-7-13)8-3-1-2-4-10(8)14(15)16/h1-5,7H,6H2. The molecule has 5 nitrogen and oxygen atoms in total. The van der Waals surface area contributed by atoms with Gasteiger partial charge in [0, 0.05) is 12.3 Å². The highest BCUT2D eigenvalue weighted by atomic mass is 35.5. The molecule has 0 bridgehead atoms. The fourth-order valence-corrected chi connectivity index (χ4v) is 1.54. The molecule has 0 radical (unpaired) electrons. The SMILES string of the molecule is O=[N+]([O-])c1ccccc1-c1cn(CCl)cn1. The average molecular weight is 238 g/mol. The molecule has 0 saturated carbocycles. The van der Waals surface area contributed by atoms with Crippen molar-refractivity contribution in [2.75, 3.05) is 0 Å². The first-order valence-corrected chi connectivity index (χ1v) is 5.07. The van der Waals surface area contributed by atoms with E-state index in [4.69, 9.17) is 11.6 Å². The number of hydrogen-bond donors (Lipinski definition) is 0. The number of nitro benzene ring substituents is 1. The third-order valence-corrected chi connectivity index (χ3v) is 2.42. The summed E-state index contributed by atoms with van der Waals surface area (Å²) >= 11 is 5.62. The monoisotopic (exact) mass is 237 g/mol. The zero-order valence-electron chi connectivity index (χ0n) is 8.21. The molecule has 1 aromatic heterocycles. The topological polar surface area (TPSA) is 61.0 Å². The lowest BCUT2D eigenvalue weighted by Gasteiger charge is -1.98. The lowest BCUT2D eigenvalue weighted by Crippen LogP contribution is -1.91. The molecule has 0 spiro atoms. The summed E-state index contributed by atoms with van der Waals surface area (Å²) < 4.78 is 1.65. The molecule has 0 aliphatic carbocycles. The second kappa shape index (κ2) is 4.32. The number of aromatic nitrogens is 2. The molecule has 0 unspecified atom stereocenters. The maximum absolute atomic E-state index is 10.8. The Hall–Kier alpha value is -1.88.